The number of carbonyl (C=O) groups is 3. The van der Waals surface area contributed by atoms with Crippen molar-refractivity contribution >= 4 is 39.5 Å². The average molecular weight is 478 g/mol. The van der Waals surface area contributed by atoms with Crippen LogP contribution < -0.4 is 5.32 Å². The molecule has 0 unspecified atom stereocenters. The largest absolute Gasteiger partial charge is 0.449 e. The highest BCUT2D eigenvalue weighted by atomic mass is 16.6. The first-order chi connectivity index (χ1) is 17.0. The van der Waals surface area contributed by atoms with Crippen LogP contribution >= 0.6 is 0 Å². The van der Waals surface area contributed by atoms with Crippen LogP contribution in [0.4, 0.5) is 4.79 Å². The number of aryl methyl sites for hydroxylation is 1. The van der Waals surface area contributed by atoms with Crippen LogP contribution in [0.25, 0.3) is 21.5 Å². The molecule has 0 radical (unpaired) electrons. The van der Waals surface area contributed by atoms with Gasteiger partial charge in [0, 0.05) is 31.7 Å². The number of imide groups is 1. The van der Waals surface area contributed by atoms with Gasteiger partial charge in [-0.3, -0.25) is 19.8 Å². The lowest BCUT2D eigenvalue weighted by Gasteiger charge is -2.29. The summed E-state index contributed by atoms with van der Waals surface area (Å²) in [7, 11) is 3.25. The first kappa shape index (κ1) is 24.6. The van der Waals surface area contributed by atoms with E-state index in [0.717, 1.165) is 33.5 Å². The molecule has 3 aromatic rings. The van der Waals surface area contributed by atoms with Gasteiger partial charge in [-0.1, -0.05) is 36.4 Å². The lowest BCUT2D eigenvalue weighted by Crippen LogP contribution is -2.45. The van der Waals surface area contributed by atoms with E-state index in [-0.39, 0.29) is 24.6 Å². The standard InChI is InChI=1S/C27H31N3O5/c1-18-19-9-4-5-10-21(19)24-23-20(18)11-8-12-22(23)25(31)30(26(24)32)17-28-13-6-7-15-35-27(33)29(2)14-16-34-3/h4-5,8-12,28H,6-7,13-17H2,1-3H3. The van der Waals surface area contributed by atoms with Crippen molar-refractivity contribution in [3.63, 3.8) is 0 Å². The van der Waals surface area contributed by atoms with Crippen molar-refractivity contribution in [2.24, 2.45) is 0 Å². The molecule has 1 aliphatic rings. The number of nitrogens with zero attached hydrogens (tertiary/aromatic N) is 2. The lowest BCUT2D eigenvalue weighted by atomic mass is 9.87. The Hall–Kier alpha value is -3.49. The summed E-state index contributed by atoms with van der Waals surface area (Å²) < 4.78 is 10.2. The van der Waals surface area contributed by atoms with E-state index in [1.54, 1.807) is 20.2 Å². The Labute approximate surface area is 204 Å². The average Bonchev–Trinajstić information content (AvgIpc) is 2.87. The smallest absolute Gasteiger partial charge is 0.409 e. The normalized spacial score (nSPS) is 13.1. The number of ether oxygens (including phenoxy) is 2. The fourth-order valence-electron chi connectivity index (χ4n) is 4.49. The molecule has 0 atom stereocenters. The van der Waals surface area contributed by atoms with Gasteiger partial charge in [0.05, 0.1) is 25.4 Å². The van der Waals surface area contributed by atoms with E-state index in [1.165, 1.54) is 9.80 Å². The number of nitrogens with one attached hydrogen (secondary N) is 1. The zero-order valence-corrected chi connectivity index (χ0v) is 20.4. The predicted molar refractivity (Wildman–Crippen MR) is 135 cm³/mol. The van der Waals surface area contributed by atoms with Gasteiger partial charge < -0.3 is 14.4 Å². The van der Waals surface area contributed by atoms with E-state index in [1.807, 2.05) is 43.3 Å². The second-order valence-corrected chi connectivity index (χ2v) is 8.71. The zero-order valence-electron chi connectivity index (χ0n) is 20.4. The van der Waals surface area contributed by atoms with Crippen LogP contribution in [0.15, 0.2) is 42.5 Å². The first-order valence-electron chi connectivity index (χ1n) is 11.8. The van der Waals surface area contributed by atoms with Gasteiger partial charge in [0.2, 0.25) is 0 Å². The van der Waals surface area contributed by atoms with Gasteiger partial charge in [-0.25, -0.2) is 4.79 Å². The molecule has 1 heterocycles. The molecule has 0 spiro atoms. The highest BCUT2D eigenvalue weighted by Gasteiger charge is 2.34. The van der Waals surface area contributed by atoms with Gasteiger partial charge in [0.15, 0.2) is 0 Å². The van der Waals surface area contributed by atoms with Crippen molar-refractivity contribution in [3.05, 3.63) is 59.2 Å². The summed E-state index contributed by atoms with van der Waals surface area (Å²) in [4.78, 5) is 41.4. The molecule has 184 valence electrons. The second-order valence-electron chi connectivity index (χ2n) is 8.71. The van der Waals surface area contributed by atoms with Crippen LogP contribution in [0.3, 0.4) is 0 Å². The van der Waals surface area contributed by atoms with Gasteiger partial charge >= 0.3 is 6.09 Å². The van der Waals surface area contributed by atoms with Gasteiger partial charge in [0.1, 0.15) is 0 Å². The number of benzene rings is 3. The Morgan fingerprint density at radius 2 is 1.71 bits per heavy atom. The number of likely N-dealkylation sites (N-methyl/N-ethyl adjacent to an activating group) is 1. The molecule has 8 nitrogen and oxygen atoms in total. The lowest BCUT2D eigenvalue weighted by molar-refractivity contribution is 0.0598. The molecular weight excluding hydrogens is 446 g/mol. The van der Waals surface area contributed by atoms with E-state index >= 15 is 0 Å². The molecule has 35 heavy (non-hydrogen) atoms. The molecule has 0 fully saturated rings. The third-order valence-corrected chi connectivity index (χ3v) is 6.44. The van der Waals surface area contributed by atoms with Crippen molar-refractivity contribution in [3.8, 4) is 0 Å². The molecule has 0 saturated heterocycles. The third-order valence-electron chi connectivity index (χ3n) is 6.44. The number of fused-ring (bicyclic) bond motifs is 2. The summed E-state index contributed by atoms with van der Waals surface area (Å²) in [6, 6.07) is 13.5. The number of hydrogen-bond donors (Lipinski definition) is 1. The predicted octanol–water partition coefficient (Wildman–Crippen LogP) is 3.94. The van der Waals surface area contributed by atoms with E-state index in [2.05, 4.69) is 5.32 Å². The van der Waals surface area contributed by atoms with Crippen LogP contribution in [0.2, 0.25) is 0 Å². The Kier molecular flexibility index (Phi) is 7.63. The second kappa shape index (κ2) is 10.8. The summed E-state index contributed by atoms with van der Waals surface area (Å²) in [5.41, 5.74) is 2.21. The number of hydrogen-bond acceptors (Lipinski definition) is 6. The fraction of sp³-hybridized carbons (Fsp3) is 0.370. The molecule has 3 amide bonds. The van der Waals surface area contributed by atoms with Crippen molar-refractivity contribution in [1.82, 2.24) is 15.1 Å². The van der Waals surface area contributed by atoms with Crippen LogP contribution in [-0.2, 0) is 9.47 Å². The molecule has 1 aliphatic heterocycles. The van der Waals surface area contributed by atoms with Crippen LogP contribution in [-0.4, -0.2) is 74.8 Å². The molecule has 4 rings (SSSR count). The number of amides is 3. The molecular formula is C27H31N3O5. The Balaban J connectivity index is 1.38. The Bertz CT molecular complexity index is 1270. The Morgan fingerprint density at radius 1 is 0.971 bits per heavy atom. The number of unbranched alkanes of at least 4 members (excludes halogenated alkanes) is 1. The van der Waals surface area contributed by atoms with Crippen molar-refractivity contribution in [1.29, 1.82) is 0 Å². The van der Waals surface area contributed by atoms with Crippen molar-refractivity contribution in [2.45, 2.75) is 19.8 Å². The summed E-state index contributed by atoms with van der Waals surface area (Å²) in [5, 5.41) is 6.76. The Morgan fingerprint density at radius 3 is 2.49 bits per heavy atom. The van der Waals surface area contributed by atoms with Crippen molar-refractivity contribution < 1.29 is 23.9 Å². The SMILES string of the molecule is COCCN(C)C(=O)OCCCCNCN1C(=O)c2cccc3c(C)c4ccccc4c(c23)C1=O. The zero-order chi connectivity index (χ0) is 24.9. The number of rotatable bonds is 10. The maximum atomic E-state index is 13.5. The van der Waals surface area contributed by atoms with E-state index in [4.69, 9.17) is 9.47 Å². The van der Waals surface area contributed by atoms with Gasteiger partial charge in [-0.15, -0.1) is 0 Å². The third kappa shape index (κ3) is 4.85. The maximum Gasteiger partial charge on any atom is 0.409 e. The maximum absolute atomic E-state index is 13.5. The van der Waals surface area contributed by atoms with Gasteiger partial charge in [-0.05, 0) is 54.1 Å². The van der Waals surface area contributed by atoms with Crippen LogP contribution in [0, 0.1) is 6.92 Å². The fourth-order valence-corrected chi connectivity index (χ4v) is 4.49. The van der Waals surface area contributed by atoms with Crippen LogP contribution in [0.5, 0.6) is 0 Å². The molecule has 0 aromatic heterocycles. The molecule has 0 aliphatic carbocycles. The summed E-state index contributed by atoms with van der Waals surface area (Å²) in [6.07, 6.45) is 1.03. The molecule has 0 bridgehead atoms. The summed E-state index contributed by atoms with van der Waals surface area (Å²) >= 11 is 0. The highest BCUT2D eigenvalue weighted by molar-refractivity contribution is 6.31. The highest BCUT2D eigenvalue weighted by Crippen LogP contribution is 2.38. The minimum Gasteiger partial charge on any atom is -0.449 e. The minimum absolute atomic E-state index is 0.120. The van der Waals surface area contributed by atoms with Crippen molar-refractivity contribution in [2.75, 3.05) is 47.1 Å². The van der Waals surface area contributed by atoms with E-state index in [9.17, 15) is 14.4 Å². The summed E-state index contributed by atoms with van der Waals surface area (Å²) in [6.45, 7) is 3.97. The topological polar surface area (TPSA) is 88.2 Å². The first-order valence-corrected chi connectivity index (χ1v) is 11.8. The minimum atomic E-state index is -0.380. The number of carbonyl (C=O) groups excluding carboxylic acids is 3. The summed E-state index contributed by atoms with van der Waals surface area (Å²) in [5.74, 6) is -0.571. The molecule has 0 saturated carbocycles. The molecule has 1 N–H and O–H groups in total. The van der Waals surface area contributed by atoms with E-state index in [0.29, 0.717) is 43.9 Å². The van der Waals surface area contributed by atoms with Gasteiger partial charge in [0.25, 0.3) is 11.8 Å². The van der Waals surface area contributed by atoms with Gasteiger partial charge in [-0.2, -0.15) is 0 Å². The quantitative estimate of drug-likeness (QED) is 0.270. The number of methoxy groups -OCH3 is 1. The van der Waals surface area contributed by atoms with Crippen LogP contribution in [0.1, 0.15) is 39.1 Å². The molecule has 8 heteroatoms. The van der Waals surface area contributed by atoms with E-state index < -0.39 is 0 Å². The monoisotopic (exact) mass is 477 g/mol. The molecule has 3 aromatic carbocycles.